The van der Waals surface area contributed by atoms with E-state index in [1.807, 2.05) is 36.9 Å². The number of benzene rings is 1. The zero-order valence-corrected chi connectivity index (χ0v) is 14.6. The van der Waals surface area contributed by atoms with Crippen molar-refractivity contribution in [1.29, 1.82) is 0 Å². The van der Waals surface area contributed by atoms with Crippen LogP contribution in [0.2, 0.25) is 0 Å². The van der Waals surface area contributed by atoms with Crippen LogP contribution in [0.15, 0.2) is 28.8 Å². The number of hydrogen-bond donors (Lipinski definition) is 0. The van der Waals surface area contributed by atoms with E-state index in [1.165, 1.54) is 4.70 Å². The second-order valence-electron chi connectivity index (χ2n) is 6.09. The van der Waals surface area contributed by atoms with Crippen LogP contribution in [0.4, 0.5) is 0 Å². The predicted molar refractivity (Wildman–Crippen MR) is 93.2 cm³/mol. The Balaban J connectivity index is 1.69. The van der Waals surface area contributed by atoms with Crippen LogP contribution in [0.1, 0.15) is 52.6 Å². The number of aromatic nitrogens is 2. The molecule has 1 aliphatic heterocycles. The van der Waals surface area contributed by atoms with Gasteiger partial charge in [0.15, 0.2) is 0 Å². The van der Waals surface area contributed by atoms with Gasteiger partial charge >= 0.3 is 0 Å². The van der Waals surface area contributed by atoms with Crippen molar-refractivity contribution in [2.24, 2.45) is 0 Å². The lowest BCUT2D eigenvalue weighted by molar-refractivity contribution is 0.0733. The Morgan fingerprint density at radius 1 is 1.42 bits per heavy atom. The first-order chi connectivity index (χ1) is 11.7. The van der Waals surface area contributed by atoms with E-state index >= 15 is 0 Å². The summed E-state index contributed by atoms with van der Waals surface area (Å²) in [5.74, 6) is 0.624. The summed E-state index contributed by atoms with van der Waals surface area (Å²) in [6, 6.07) is 8.17. The van der Waals surface area contributed by atoms with Gasteiger partial charge in [-0.05, 0) is 38.3 Å². The quantitative estimate of drug-likeness (QED) is 0.718. The molecule has 0 aliphatic carbocycles. The third-order valence-electron chi connectivity index (χ3n) is 4.59. The molecule has 5 nitrogen and oxygen atoms in total. The van der Waals surface area contributed by atoms with Crippen LogP contribution >= 0.6 is 11.3 Å². The van der Waals surface area contributed by atoms with Gasteiger partial charge in [-0.1, -0.05) is 24.2 Å². The lowest BCUT2D eigenvalue weighted by Gasteiger charge is -2.23. The molecule has 3 aromatic rings. The molecule has 24 heavy (non-hydrogen) atoms. The third-order valence-corrected chi connectivity index (χ3v) is 5.73. The van der Waals surface area contributed by atoms with E-state index in [2.05, 4.69) is 11.2 Å². The number of aryl methyl sites for hydroxylation is 2. The van der Waals surface area contributed by atoms with E-state index < -0.39 is 0 Å². The van der Waals surface area contributed by atoms with Crippen LogP contribution in [0, 0.1) is 6.92 Å². The van der Waals surface area contributed by atoms with Crippen LogP contribution < -0.4 is 0 Å². The van der Waals surface area contributed by atoms with Gasteiger partial charge in [-0.3, -0.25) is 4.79 Å². The molecule has 1 unspecified atom stereocenters. The molecule has 1 fully saturated rings. The van der Waals surface area contributed by atoms with Crippen LogP contribution in [-0.4, -0.2) is 27.5 Å². The average molecular weight is 341 g/mol. The summed E-state index contributed by atoms with van der Waals surface area (Å²) in [5.41, 5.74) is 2.38. The zero-order valence-electron chi connectivity index (χ0n) is 13.8. The number of rotatable bonds is 3. The van der Waals surface area contributed by atoms with Crippen LogP contribution in [-0.2, 0) is 6.42 Å². The third kappa shape index (κ3) is 2.41. The first-order valence-corrected chi connectivity index (χ1v) is 9.12. The summed E-state index contributed by atoms with van der Waals surface area (Å²) in [4.78, 5) is 19.8. The van der Waals surface area contributed by atoms with Crippen molar-refractivity contribution < 1.29 is 9.32 Å². The predicted octanol–water partition coefficient (Wildman–Crippen LogP) is 4.13. The second kappa shape index (κ2) is 6.02. The number of carbonyl (C=O) groups excluding carboxylic acids is 1. The number of para-hydroxylation sites is 1. The number of nitrogens with zero attached hydrogens (tertiary/aromatic N) is 3. The van der Waals surface area contributed by atoms with E-state index in [1.54, 1.807) is 11.3 Å². The molecular weight excluding hydrogens is 322 g/mol. The van der Waals surface area contributed by atoms with E-state index in [0.717, 1.165) is 35.6 Å². The van der Waals surface area contributed by atoms with E-state index in [-0.39, 0.29) is 11.9 Å². The summed E-state index contributed by atoms with van der Waals surface area (Å²) >= 11 is 1.68. The summed E-state index contributed by atoms with van der Waals surface area (Å²) in [5, 5.41) is 5.05. The maximum absolute atomic E-state index is 13.1. The SMILES string of the molecule is CCc1noc(C)c1C(=O)N1CCCC1c1nc2ccccc2s1. The highest BCUT2D eigenvalue weighted by Crippen LogP contribution is 2.37. The Hall–Kier alpha value is -2.21. The first kappa shape index (κ1) is 15.3. The molecule has 0 radical (unpaired) electrons. The summed E-state index contributed by atoms with van der Waals surface area (Å²) < 4.78 is 6.41. The molecule has 1 saturated heterocycles. The molecule has 1 aliphatic rings. The topological polar surface area (TPSA) is 59.2 Å². The monoisotopic (exact) mass is 341 g/mol. The molecule has 0 N–H and O–H groups in total. The zero-order chi connectivity index (χ0) is 16.7. The number of amides is 1. The highest BCUT2D eigenvalue weighted by atomic mass is 32.1. The number of fused-ring (bicyclic) bond motifs is 1. The lowest BCUT2D eigenvalue weighted by atomic mass is 10.1. The van der Waals surface area contributed by atoms with Crippen molar-refractivity contribution in [3.05, 3.63) is 46.3 Å². The van der Waals surface area contributed by atoms with Crippen molar-refractivity contribution in [3.8, 4) is 0 Å². The molecule has 1 aromatic carbocycles. The van der Waals surface area contributed by atoms with Gasteiger partial charge in [0.1, 0.15) is 16.3 Å². The normalized spacial score (nSPS) is 17.8. The van der Waals surface area contributed by atoms with E-state index in [0.29, 0.717) is 17.7 Å². The van der Waals surface area contributed by atoms with Crippen LogP contribution in [0.3, 0.4) is 0 Å². The highest BCUT2D eigenvalue weighted by Gasteiger charge is 2.35. The molecular formula is C18H19N3O2S. The first-order valence-electron chi connectivity index (χ1n) is 8.30. The number of hydrogen-bond acceptors (Lipinski definition) is 5. The molecule has 1 atom stereocenters. The minimum atomic E-state index is 0.0207. The Labute approximate surface area is 144 Å². The second-order valence-corrected chi connectivity index (χ2v) is 7.15. The Kier molecular flexibility index (Phi) is 3.84. The molecule has 0 spiro atoms. The van der Waals surface area contributed by atoms with Gasteiger partial charge in [0.25, 0.3) is 5.91 Å². The fourth-order valence-electron chi connectivity index (χ4n) is 3.38. The van der Waals surface area contributed by atoms with Crippen molar-refractivity contribution in [2.45, 2.75) is 39.2 Å². The molecule has 6 heteroatoms. The number of thiazole rings is 1. The van der Waals surface area contributed by atoms with Gasteiger partial charge in [-0.25, -0.2) is 4.98 Å². The number of likely N-dealkylation sites (tertiary alicyclic amines) is 1. The smallest absolute Gasteiger partial charge is 0.259 e. The van der Waals surface area contributed by atoms with E-state index in [9.17, 15) is 4.79 Å². The molecule has 0 bridgehead atoms. The van der Waals surface area contributed by atoms with Gasteiger partial charge in [-0.2, -0.15) is 0 Å². The number of carbonyl (C=O) groups is 1. The van der Waals surface area contributed by atoms with Crippen molar-refractivity contribution in [2.75, 3.05) is 6.54 Å². The van der Waals surface area contributed by atoms with Crippen molar-refractivity contribution in [3.63, 3.8) is 0 Å². The van der Waals surface area contributed by atoms with Gasteiger partial charge in [0, 0.05) is 6.54 Å². The molecule has 1 amide bonds. The Morgan fingerprint density at radius 2 is 2.25 bits per heavy atom. The minimum absolute atomic E-state index is 0.0207. The molecule has 3 heterocycles. The van der Waals surface area contributed by atoms with E-state index in [4.69, 9.17) is 9.51 Å². The molecule has 0 saturated carbocycles. The van der Waals surface area contributed by atoms with Crippen molar-refractivity contribution >= 4 is 27.5 Å². The van der Waals surface area contributed by atoms with Gasteiger partial charge in [0.05, 0.1) is 22.0 Å². The van der Waals surface area contributed by atoms with Crippen LogP contribution in [0.5, 0.6) is 0 Å². The fourth-order valence-corrected chi connectivity index (χ4v) is 4.49. The summed E-state index contributed by atoms with van der Waals surface area (Å²) in [6.45, 7) is 4.55. The van der Waals surface area contributed by atoms with Crippen molar-refractivity contribution in [1.82, 2.24) is 15.0 Å². The lowest BCUT2D eigenvalue weighted by Crippen LogP contribution is -2.31. The maximum atomic E-state index is 13.1. The largest absolute Gasteiger partial charge is 0.361 e. The average Bonchev–Trinajstić information content (AvgIpc) is 3.30. The van der Waals surface area contributed by atoms with Gasteiger partial charge < -0.3 is 9.42 Å². The van der Waals surface area contributed by atoms with Gasteiger partial charge in [-0.15, -0.1) is 11.3 Å². The minimum Gasteiger partial charge on any atom is -0.361 e. The Morgan fingerprint density at radius 3 is 3.04 bits per heavy atom. The highest BCUT2D eigenvalue weighted by molar-refractivity contribution is 7.18. The summed E-state index contributed by atoms with van der Waals surface area (Å²) in [6.07, 6.45) is 2.65. The Bertz CT molecular complexity index is 866. The maximum Gasteiger partial charge on any atom is 0.259 e. The molecule has 124 valence electrons. The van der Waals surface area contributed by atoms with Gasteiger partial charge in [0.2, 0.25) is 0 Å². The molecule has 2 aromatic heterocycles. The van der Waals surface area contributed by atoms with Crippen LogP contribution in [0.25, 0.3) is 10.2 Å². The fraction of sp³-hybridized carbons (Fsp3) is 0.389. The standard InChI is InChI=1S/C18H19N3O2S/c1-3-12-16(11(2)23-20-12)18(22)21-10-6-8-14(21)17-19-13-7-4-5-9-15(13)24-17/h4-5,7,9,14H,3,6,8,10H2,1-2H3. The summed E-state index contributed by atoms with van der Waals surface area (Å²) in [7, 11) is 0. The molecule has 4 rings (SSSR count).